The second-order valence-corrected chi connectivity index (χ2v) is 8.31. The van der Waals surface area contributed by atoms with Gasteiger partial charge in [0.2, 0.25) is 0 Å². The first-order chi connectivity index (χ1) is 14.2. The van der Waals surface area contributed by atoms with Crippen molar-refractivity contribution in [2.45, 2.75) is 20.4 Å². The third-order valence-electron chi connectivity index (χ3n) is 4.28. The number of benzene rings is 2. The standard InChI is InChI=1S/C19H15BrN4O5S/c1-3-22-17(12-4-6-14(20)7-5-12)11(2)30-19(22)21-18(25)13-8-15(23(26)27)10-16(9-13)24(28)29/h4-10H,3H2,1-2H3. The van der Waals surface area contributed by atoms with E-state index in [0.29, 0.717) is 11.3 Å². The minimum Gasteiger partial charge on any atom is -0.316 e. The normalized spacial score (nSPS) is 11.5. The molecule has 11 heteroatoms. The number of amides is 1. The predicted molar refractivity (Wildman–Crippen MR) is 116 cm³/mol. The van der Waals surface area contributed by atoms with Gasteiger partial charge in [-0.15, -0.1) is 11.3 Å². The molecule has 0 saturated heterocycles. The molecule has 0 bridgehead atoms. The Morgan fingerprint density at radius 2 is 1.67 bits per heavy atom. The molecule has 0 fully saturated rings. The van der Waals surface area contributed by atoms with E-state index in [2.05, 4.69) is 20.9 Å². The van der Waals surface area contributed by atoms with Gasteiger partial charge >= 0.3 is 0 Å². The van der Waals surface area contributed by atoms with Crippen LogP contribution in [0.5, 0.6) is 0 Å². The molecule has 0 aliphatic carbocycles. The lowest BCUT2D eigenvalue weighted by molar-refractivity contribution is -0.394. The van der Waals surface area contributed by atoms with Gasteiger partial charge in [-0.1, -0.05) is 28.1 Å². The number of halogens is 1. The summed E-state index contributed by atoms with van der Waals surface area (Å²) in [5.41, 5.74) is 0.572. The summed E-state index contributed by atoms with van der Waals surface area (Å²) in [4.78, 5) is 38.8. The molecule has 0 radical (unpaired) electrons. The van der Waals surface area contributed by atoms with Crippen LogP contribution in [0.4, 0.5) is 11.4 Å². The van der Waals surface area contributed by atoms with Gasteiger partial charge in [0.15, 0.2) is 4.80 Å². The molecular weight excluding hydrogens is 476 g/mol. The molecule has 0 N–H and O–H groups in total. The third kappa shape index (κ3) is 4.36. The zero-order valence-electron chi connectivity index (χ0n) is 15.9. The number of aromatic nitrogens is 1. The largest absolute Gasteiger partial charge is 0.316 e. The minimum atomic E-state index is -0.785. The molecule has 0 atom stereocenters. The van der Waals surface area contributed by atoms with Crippen molar-refractivity contribution in [1.82, 2.24) is 4.57 Å². The van der Waals surface area contributed by atoms with E-state index in [1.807, 2.05) is 42.7 Å². The monoisotopic (exact) mass is 490 g/mol. The molecule has 0 spiro atoms. The number of rotatable bonds is 5. The van der Waals surface area contributed by atoms with Gasteiger partial charge in [0.05, 0.1) is 27.2 Å². The number of hydrogen-bond donors (Lipinski definition) is 0. The predicted octanol–water partition coefficient (Wildman–Crippen LogP) is 4.86. The highest BCUT2D eigenvalue weighted by Crippen LogP contribution is 2.27. The molecule has 0 saturated carbocycles. The van der Waals surface area contributed by atoms with Gasteiger partial charge in [0.1, 0.15) is 0 Å². The summed E-state index contributed by atoms with van der Waals surface area (Å²) in [7, 11) is 0. The fourth-order valence-electron chi connectivity index (χ4n) is 2.95. The van der Waals surface area contributed by atoms with E-state index in [1.54, 1.807) is 0 Å². The maximum Gasteiger partial charge on any atom is 0.280 e. The molecule has 0 aliphatic rings. The first-order valence-corrected chi connectivity index (χ1v) is 10.3. The Hall–Kier alpha value is -3.18. The third-order valence-corrected chi connectivity index (χ3v) is 5.80. The highest BCUT2D eigenvalue weighted by molar-refractivity contribution is 9.10. The zero-order valence-corrected chi connectivity index (χ0v) is 18.3. The van der Waals surface area contributed by atoms with Crippen molar-refractivity contribution < 1.29 is 14.6 Å². The van der Waals surface area contributed by atoms with Crippen LogP contribution in [0.25, 0.3) is 11.3 Å². The molecule has 3 rings (SSSR count). The number of nitro groups is 2. The highest BCUT2D eigenvalue weighted by atomic mass is 79.9. The summed E-state index contributed by atoms with van der Waals surface area (Å²) < 4.78 is 2.81. The van der Waals surface area contributed by atoms with Gasteiger partial charge in [-0.25, -0.2) is 0 Å². The van der Waals surface area contributed by atoms with Gasteiger partial charge < -0.3 is 4.57 Å². The lowest BCUT2D eigenvalue weighted by Gasteiger charge is -2.07. The van der Waals surface area contributed by atoms with Gasteiger partial charge in [-0.3, -0.25) is 25.0 Å². The number of hydrogen-bond acceptors (Lipinski definition) is 6. The molecule has 154 valence electrons. The van der Waals surface area contributed by atoms with Crippen LogP contribution in [0.2, 0.25) is 0 Å². The van der Waals surface area contributed by atoms with Crippen LogP contribution in [0, 0.1) is 27.2 Å². The van der Waals surface area contributed by atoms with E-state index >= 15 is 0 Å². The summed E-state index contributed by atoms with van der Waals surface area (Å²) in [5, 5.41) is 22.1. The van der Waals surface area contributed by atoms with Crippen LogP contribution in [-0.2, 0) is 6.54 Å². The smallest absolute Gasteiger partial charge is 0.280 e. The Morgan fingerprint density at radius 3 is 2.17 bits per heavy atom. The number of aryl methyl sites for hydroxylation is 1. The van der Waals surface area contributed by atoms with Crippen molar-refractivity contribution in [2.75, 3.05) is 0 Å². The van der Waals surface area contributed by atoms with Crippen molar-refractivity contribution in [3.8, 4) is 11.3 Å². The quantitative estimate of drug-likeness (QED) is 0.373. The van der Waals surface area contributed by atoms with Gasteiger partial charge in [-0.2, -0.15) is 4.99 Å². The molecular formula is C19H15BrN4O5S. The van der Waals surface area contributed by atoms with Crippen LogP contribution in [0.3, 0.4) is 0 Å². The zero-order chi connectivity index (χ0) is 22.0. The maximum atomic E-state index is 12.7. The highest BCUT2D eigenvalue weighted by Gasteiger charge is 2.20. The Labute approximate surface area is 182 Å². The number of non-ortho nitro benzene ring substituents is 2. The van der Waals surface area contributed by atoms with E-state index in [1.165, 1.54) is 11.3 Å². The number of thiazole rings is 1. The molecule has 1 amide bonds. The SMILES string of the molecule is CCn1c(-c2ccc(Br)cc2)c(C)sc1=NC(=O)c1cc([N+](=O)[O-])cc([N+](=O)[O-])c1. The van der Waals surface area contributed by atoms with Gasteiger partial charge in [-0.05, 0) is 31.5 Å². The molecule has 0 unspecified atom stereocenters. The second kappa shape index (κ2) is 8.67. The molecule has 1 heterocycles. The maximum absolute atomic E-state index is 12.7. The van der Waals surface area contributed by atoms with Gasteiger partial charge in [0.25, 0.3) is 17.3 Å². The first-order valence-electron chi connectivity index (χ1n) is 8.70. The van der Waals surface area contributed by atoms with Crippen molar-refractivity contribution in [3.63, 3.8) is 0 Å². The Balaban J connectivity index is 2.13. The fraction of sp³-hybridized carbons (Fsp3) is 0.158. The van der Waals surface area contributed by atoms with E-state index in [0.717, 1.165) is 38.8 Å². The summed E-state index contributed by atoms with van der Waals surface area (Å²) in [5.74, 6) is -0.785. The Kier molecular flexibility index (Phi) is 6.22. The van der Waals surface area contributed by atoms with Crippen LogP contribution >= 0.6 is 27.3 Å². The topological polar surface area (TPSA) is 121 Å². The van der Waals surface area contributed by atoms with Gasteiger partial charge in [0, 0.05) is 28.0 Å². The van der Waals surface area contributed by atoms with Crippen LogP contribution < -0.4 is 4.80 Å². The van der Waals surface area contributed by atoms with Crippen molar-refractivity contribution in [2.24, 2.45) is 4.99 Å². The van der Waals surface area contributed by atoms with E-state index < -0.39 is 27.1 Å². The number of carbonyl (C=O) groups is 1. The average Bonchev–Trinajstić information content (AvgIpc) is 3.02. The first kappa shape index (κ1) is 21.5. The average molecular weight is 491 g/mol. The van der Waals surface area contributed by atoms with E-state index in [4.69, 9.17) is 0 Å². The van der Waals surface area contributed by atoms with Crippen molar-refractivity contribution in [3.05, 3.63) is 82.4 Å². The minimum absolute atomic E-state index is 0.213. The number of carbonyl (C=O) groups excluding carboxylic acids is 1. The van der Waals surface area contributed by atoms with E-state index in [9.17, 15) is 25.0 Å². The lowest BCUT2D eigenvalue weighted by atomic mass is 10.1. The lowest BCUT2D eigenvalue weighted by Crippen LogP contribution is -2.17. The Morgan fingerprint density at radius 1 is 1.10 bits per heavy atom. The summed E-state index contributed by atoms with van der Waals surface area (Å²) in [6.45, 7) is 4.36. The number of nitrogens with zero attached hydrogens (tertiary/aromatic N) is 4. The van der Waals surface area contributed by atoms with Crippen LogP contribution in [0.15, 0.2) is 51.9 Å². The fourth-order valence-corrected chi connectivity index (χ4v) is 4.27. The van der Waals surface area contributed by atoms with Crippen molar-refractivity contribution >= 4 is 44.5 Å². The summed E-state index contributed by atoms with van der Waals surface area (Å²) >= 11 is 4.71. The Bertz CT molecular complexity index is 1200. The number of nitro benzene ring substituents is 2. The molecule has 2 aromatic carbocycles. The summed E-state index contributed by atoms with van der Waals surface area (Å²) in [6.07, 6.45) is 0. The van der Waals surface area contributed by atoms with Crippen LogP contribution in [0.1, 0.15) is 22.2 Å². The molecule has 3 aromatic rings. The summed E-state index contributed by atoms with van der Waals surface area (Å²) in [6, 6.07) is 10.5. The van der Waals surface area contributed by atoms with Crippen molar-refractivity contribution in [1.29, 1.82) is 0 Å². The molecule has 1 aromatic heterocycles. The van der Waals surface area contributed by atoms with Crippen LogP contribution in [-0.4, -0.2) is 20.3 Å². The molecule has 30 heavy (non-hydrogen) atoms. The molecule has 9 nitrogen and oxygen atoms in total. The second-order valence-electron chi connectivity index (χ2n) is 6.21. The molecule has 0 aliphatic heterocycles. The van der Waals surface area contributed by atoms with E-state index in [-0.39, 0.29) is 5.56 Å².